The van der Waals surface area contributed by atoms with Gasteiger partial charge in [-0.05, 0) is 23.3 Å². The van der Waals surface area contributed by atoms with Crippen molar-refractivity contribution < 1.29 is 0 Å². The summed E-state index contributed by atoms with van der Waals surface area (Å²) in [6.07, 6.45) is 0. The van der Waals surface area contributed by atoms with Gasteiger partial charge in [-0.1, -0.05) is 22.0 Å². The van der Waals surface area contributed by atoms with Gasteiger partial charge < -0.3 is 19.6 Å². The van der Waals surface area contributed by atoms with Gasteiger partial charge in [-0.2, -0.15) is 0 Å². The Kier molecular flexibility index (Phi) is 5.51. The van der Waals surface area contributed by atoms with Crippen molar-refractivity contribution in [1.29, 1.82) is 0 Å². The molecular formula is C18H27BrN6. The van der Waals surface area contributed by atoms with E-state index in [2.05, 4.69) is 81.9 Å². The van der Waals surface area contributed by atoms with Crippen LogP contribution < -0.4 is 0 Å². The smallest absolute Gasteiger partial charge is 0.196 e. The highest BCUT2D eigenvalue weighted by Crippen LogP contribution is 2.20. The van der Waals surface area contributed by atoms with Gasteiger partial charge in [0, 0.05) is 58.8 Å². The zero-order valence-electron chi connectivity index (χ0n) is 15.5. The first kappa shape index (κ1) is 18.0. The summed E-state index contributed by atoms with van der Waals surface area (Å²) in [6.45, 7) is 5.50. The molecule has 0 aromatic heterocycles. The van der Waals surface area contributed by atoms with Crippen molar-refractivity contribution in [3.05, 3.63) is 33.8 Å². The Hall–Kier alpha value is -1.76. The molecule has 1 aromatic rings. The van der Waals surface area contributed by atoms with Crippen LogP contribution >= 0.6 is 15.9 Å². The van der Waals surface area contributed by atoms with Crippen LogP contribution in [0.1, 0.15) is 11.1 Å². The van der Waals surface area contributed by atoms with E-state index >= 15 is 0 Å². The molecule has 0 radical (unpaired) electrons. The summed E-state index contributed by atoms with van der Waals surface area (Å²) in [5, 5.41) is 0. The molecule has 2 aliphatic rings. The van der Waals surface area contributed by atoms with Crippen LogP contribution in [0.25, 0.3) is 0 Å². The molecule has 25 heavy (non-hydrogen) atoms. The number of nitrogens with zero attached hydrogens (tertiary/aromatic N) is 6. The number of aliphatic imine (C=N–C) groups is 2. The molecule has 0 unspecified atom stereocenters. The normalized spacial score (nSPS) is 17.8. The van der Waals surface area contributed by atoms with Gasteiger partial charge in [0.15, 0.2) is 11.9 Å². The maximum absolute atomic E-state index is 4.85. The molecule has 0 saturated carbocycles. The van der Waals surface area contributed by atoms with Gasteiger partial charge in [0.25, 0.3) is 0 Å². The third kappa shape index (κ3) is 4.08. The van der Waals surface area contributed by atoms with Crippen LogP contribution in [-0.4, -0.2) is 85.9 Å². The minimum absolute atomic E-state index is 0.676. The predicted molar refractivity (Wildman–Crippen MR) is 107 cm³/mol. The second kappa shape index (κ2) is 7.64. The van der Waals surface area contributed by atoms with Crippen LogP contribution in [0.5, 0.6) is 0 Å². The molecule has 0 N–H and O–H groups in total. The topological polar surface area (TPSA) is 37.7 Å². The molecule has 0 bridgehead atoms. The minimum Gasteiger partial charge on any atom is -0.344 e. The Bertz CT molecular complexity index is 662. The summed E-state index contributed by atoms with van der Waals surface area (Å²) >= 11 is 3.59. The maximum Gasteiger partial charge on any atom is 0.196 e. The second-order valence-corrected chi connectivity index (χ2v) is 7.75. The summed E-state index contributed by atoms with van der Waals surface area (Å²) in [5.41, 5.74) is 2.46. The Balaban J connectivity index is 1.79. The fourth-order valence-electron chi connectivity index (χ4n) is 3.27. The highest BCUT2D eigenvalue weighted by atomic mass is 79.9. The van der Waals surface area contributed by atoms with Crippen LogP contribution in [0, 0.1) is 0 Å². The lowest BCUT2D eigenvalue weighted by atomic mass is 10.1. The summed E-state index contributed by atoms with van der Waals surface area (Å²) in [4.78, 5) is 18.5. The molecule has 0 atom stereocenters. The lowest BCUT2D eigenvalue weighted by Gasteiger charge is -2.17. The molecule has 0 amide bonds. The van der Waals surface area contributed by atoms with Crippen LogP contribution in [-0.2, 0) is 13.1 Å². The number of guanidine groups is 2. The number of benzene rings is 1. The molecule has 0 aliphatic carbocycles. The molecule has 2 fully saturated rings. The lowest BCUT2D eigenvalue weighted by molar-refractivity contribution is 0.553. The number of halogens is 1. The van der Waals surface area contributed by atoms with Crippen molar-refractivity contribution >= 4 is 27.8 Å². The first-order valence-electron chi connectivity index (χ1n) is 8.66. The van der Waals surface area contributed by atoms with Crippen molar-refractivity contribution in [3.63, 3.8) is 0 Å². The van der Waals surface area contributed by atoms with E-state index in [1.54, 1.807) is 0 Å². The number of rotatable bonds is 4. The van der Waals surface area contributed by atoms with Crippen LogP contribution in [0.4, 0.5) is 0 Å². The van der Waals surface area contributed by atoms with E-state index in [0.29, 0.717) is 13.1 Å². The third-order valence-electron chi connectivity index (χ3n) is 4.86. The van der Waals surface area contributed by atoms with E-state index in [1.165, 1.54) is 11.1 Å². The minimum atomic E-state index is 0.676. The second-order valence-electron chi connectivity index (χ2n) is 6.83. The summed E-state index contributed by atoms with van der Waals surface area (Å²) in [6, 6.07) is 6.40. The third-order valence-corrected chi connectivity index (χ3v) is 5.35. The zero-order valence-corrected chi connectivity index (χ0v) is 17.1. The van der Waals surface area contributed by atoms with Gasteiger partial charge in [0.1, 0.15) is 0 Å². The molecule has 2 heterocycles. The Morgan fingerprint density at radius 3 is 1.68 bits per heavy atom. The molecule has 3 rings (SSSR count). The molecule has 2 aliphatic heterocycles. The molecule has 0 spiro atoms. The monoisotopic (exact) mass is 406 g/mol. The van der Waals surface area contributed by atoms with Gasteiger partial charge in [-0.15, -0.1) is 0 Å². The SMILES string of the molecule is CN1CCN(C)C1=NCc1ccc(Br)cc1CN=C1N(C)CCN1C. The first-order valence-corrected chi connectivity index (χ1v) is 9.45. The zero-order chi connectivity index (χ0) is 18.0. The van der Waals surface area contributed by atoms with Crippen molar-refractivity contribution in [2.45, 2.75) is 13.1 Å². The van der Waals surface area contributed by atoms with Gasteiger partial charge in [0.2, 0.25) is 0 Å². The Morgan fingerprint density at radius 1 is 0.760 bits per heavy atom. The largest absolute Gasteiger partial charge is 0.344 e. The van der Waals surface area contributed by atoms with E-state index in [9.17, 15) is 0 Å². The number of hydrogen-bond acceptors (Lipinski definition) is 2. The van der Waals surface area contributed by atoms with Gasteiger partial charge in [-0.25, -0.2) is 9.98 Å². The van der Waals surface area contributed by atoms with E-state index in [-0.39, 0.29) is 0 Å². The van der Waals surface area contributed by atoms with Gasteiger partial charge in [0.05, 0.1) is 13.1 Å². The molecule has 1 aromatic carbocycles. The van der Waals surface area contributed by atoms with E-state index in [1.807, 2.05) is 0 Å². The fourth-order valence-corrected chi connectivity index (χ4v) is 3.68. The van der Waals surface area contributed by atoms with E-state index in [0.717, 1.165) is 42.6 Å². The molecular weight excluding hydrogens is 380 g/mol. The van der Waals surface area contributed by atoms with Crippen LogP contribution in [0.2, 0.25) is 0 Å². The van der Waals surface area contributed by atoms with Crippen molar-refractivity contribution in [2.75, 3.05) is 54.4 Å². The number of hydrogen-bond donors (Lipinski definition) is 0. The van der Waals surface area contributed by atoms with Crippen molar-refractivity contribution in [3.8, 4) is 0 Å². The quantitative estimate of drug-likeness (QED) is 0.765. The van der Waals surface area contributed by atoms with Gasteiger partial charge in [-0.3, -0.25) is 0 Å². The fraction of sp³-hybridized carbons (Fsp3) is 0.556. The van der Waals surface area contributed by atoms with Crippen LogP contribution in [0.15, 0.2) is 32.7 Å². The predicted octanol–water partition coefficient (Wildman–Crippen LogP) is 1.92. The van der Waals surface area contributed by atoms with Crippen molar-refractivity contribution in [2.24, 2.45) is 9.98 Å². The Labute approximate surface area is 158 Å². The highest BCUT2D eigenvalue weighted by molar-refractivity contribution is 9.10. The molecule has 7 heteroatoms. The van der Waals surface area contributed by atoms with E-state index < -0.39 is 0 Å². The summed E-state index contributed by atoms with van der Waals surface area (Å²) in [7, 11) is 8.40. The molecule has 2 saturated heterocycles. The Morgan fingerprint density at radius 2 is 1.20 bits per heavy atom. The first-order chi connectivity index (χ1) is 12.0. The van der Waals surface area contributed by atoms with Crippen LogP contribution in [0.3, 0.4) is 0 Å². The van der Waals surface area contributed by atoms with Crippen molar-refractivity contribution in [1.82, 2.24) is 19.6 Å². The highest BCUT2D eigenvalue weighted by Gasteiger charge is 2.20. The summed E-state index contributed by atoms with van der Waals surface area (Å²) in [5.74, 6) is 2.13. The number of likely N-dealkylation sites (N-methyl/N-ethyl adjacent to an activating group) is 4. The van der Waals surface area contributed by atoms with Gasteiger partial charge >= 0.3 is 0 Å². The molecule has 136 valence electrons. The average Bonchev–Trinajstić information content (AvgIpc) is 3.07. The lowest BCUT2D eigenvalue weighted by Crippen LogP contribution is -2.28. The van der Waals surface area contributed by atoms with E-state index in [4.69, 9.17) is 9.98 Å². The molecule has 6 nitrogen and oxygen atoms in total. The standard InChI is InChI=1S/C18H27BrN6/c1-22-7-8-23(2)17(22)20-12-14-5-6-16(19)11-15(14)13-21-18-24(3)9-10-25(18)4/h5-6,11H,7-10,12-13H2,1-4H3. The maximum atomic E-state index is 4.85. The average molecular weight is 407 g/mol. The summed E-state index contributed by atoms with van der Waals surface area (Å²) < 4.78 is 1.09.